The summed E-state index contributed by atoms with van der Waals surface area (Å²) in [5.41, 5.74) is 2.47. The van der Waals surface area contributed by atoms with Crippen LogP contribution in [0.25, 0.3) is 11.4 Å². The fraction of sp³-hybridized carbons (Fsp3) is 0.385. The summed E-state index contributed by atoms with van der Waals surface area (Å²) >= 11 is 0. The maximum absolute atomic E-state index is 4.18. The Hall–Kier alpha value is -1.64. The van der Waals surface area contributed by atoms with Gasteiger partial charge in [-0.1, -0.05) is 31.2 Å². The van der Waals surface area contributed by atoms with Crippen LogP contribution in [0.4, 0.5) is 0 Å². The number of nitrogens with zero attached hydrogens (tertiary/aromatic N) is 3. The smallest absolute Gasteiger partial charge is 0.163 e. The molecule has 0 amide bonds. The molecule has 2 aromatic rings. The van der Waals surface area contributed by atoms with Gasteiger partial charge in [-0.05, 0) is 25.8 Å². The maximum Gasteiger partial charge on any atom is 0.163 e. The van der Waals surface area contributed by atoms with E-state index in [0.717, 1.165) is 17.8 Å². The van der Waals surface area contributed by atoms with E-state index in [4.69, 9.17) is 0 Å². The van der Waals surface area contributed by atoms with Crippen molar-refractivity contribution in [2.45, 2.75) is 33.2 Å². The first-order valence-electron chi connectivity index (χ1n) is 5.71. The van der Waals surface area contributed by atoms with E-state index in [1.807, 2.05) is 0 Å². The molecule has 0 saturated heterocycles. The van der Waals surface area contributed by atoms with Gasteiger partial charge in [0.05, 0.1) is 0 Å². The lowest BCUT2D eigenvalue weighted by molar-refractivity contribution is 0.604. The lowest BCUT2D eigenvalue weighted by Gasteiger charge is -2.10. The summed E-state index contributed by atoms with van der Waals surface area (Å²) < 4.78 is 2.08. The van der Waals surface area contributed by atoms with Crippen LogP contribution < -0.4 is 0 Å². The zero-order valence-corrected chi connectivity index (χ0v) is 10.0. The highest BCUT2D eigenvalue weighted by atomic mass is 15.3. The van der Waals surface area contributed by atoms with Crippen molar-refractivity contribution in [2.75, 3.05) is 0 Å². The van der Waals surface area contributed by atoms with Crippen molar-refractivity contribution >= 4 is 0 Å². The fourth-order valence-corrected chi connectivity index (χ4v) is 1.72. The van der Waals surface area contributed by atoms with E-state index in [0.29, 0.717) is 6.04 Å². The highest BCUT2D eigenvalue weighted by molar-refractivity contribution is 5.55. The van der Waals surface area contributed by atoms with Crippen molar-refractivity contribution in [1.82, 2.24) is 14.8 Å². The van der Waals surface area contributed by atoms with Gasteiger partial charge < -0.3 is 4.57 Å². The molecule has 84 valence electrons. The van der Waals surface area contributed by atoms with Gasteiger partial charge in [-0.3, -0.25) is 0 Å². The first-order valence-corrected chi connectivity index (χ1v) is 5.71. The predicted molar refractivity (Wildman–Crippen MR) is 65.2 cm³/mol. The molecule has 0 fully saturated rings. The average molecular weight is 215 g/mol. The van der Waals surface area contributed by atoms with Crippen LogP contribution in [-0.4, -0.2) is 14.8 Å². The van der Waals surface area contributed by atoms with E-state index < -0.39 is 0 Å². The molecule has 0 radical (unpaired) electrons. The molecule has 0 atom stereocenters. The zero-order valence-electron chi connectivity index (χ0n) is 10.0. The molecule has 0 N–H and O–H groups in total. The van der Waals surface area contributed by atoms with Crippen molar-refractivity contribution in [3.05, 3.63) is 36.2 Å². The minimum atomic E-state index is 0.385. The Morgan fingerprint density at radius 1 is 1.19 bits per heavy atom. The Bertz CT molecular complexity index is 454. The molecule has 0 aliphatic carbocycles. The Balaban J connectivity index is 2.38. The molecule has 3 nitrogen and oxygen atoms in total. The van der Waals surface area contributed by atoms with E-state index in [1.54, 1.807) is 6.33 Å². The highest BCUT2D eigenvalue weighted by Gasteiger charge is 2.08. The average Bonchev–Trinajstić information content (AvgIpc) is 2.78. The van der Waals surface area contributed by atoms with Gasteiger partial charge in [0.2, 0.25) is 0 Å². The second-order valence-corrected chi connectivity index (χ2v) is 4.21. The molecule has 16 heavy (non-hydrogen) atoms. The van der Waals surface area contributed by atoms with Crippen molar-refractivity contribution < 1.29 is 0 Å². The molecule has 0 unspecified atom stereocenters. The predicted octanol–water partition coefficient (Wildman–Crippen LogP) is 3.09. The van der Waals surface area contributed by atoms with Crippen LogP contribution in [0, 0.1) is 0 Å². The quantitative estimate of drug-likeness (QED) is 0.787. The minimum Gasteiger partial charge on any atom is -0.311 e. The van der Waals surface area contributed by atoms with Gasteiger partial charge in [-0.2, -0.15) is 0 Å². The number of benzene rings is 1. The lowest BCUT2D eigenvalue weighted by atomic mass is 10.1. The van der Waals surface area contributed by atoms with Gasteiger partial charge in [0, 0.05) is 11.6 Å². The minimum absolute atomic E-state index is 0.385. The standard InChI is InChI=1S/C13H17N3/c1-4-11-5-7-12(8-6-11)13-15-14-9-16(13)10(2)3/h5-10H,4H2,1-3H3. The molecular weight excluding hydrogens is 198 g/mol. The van der Waals surface area contributed by atoms with Crippen LogP contribution in [0.2, 0.25) is 0 Å². The molecular formula is C13H17N3. The van der Waals surface area contributed by atoms with Crippen LogP contribution in [0.5, 0.6) is 0 Å². The summed E-state index contributed by atoms with van der Waals surface area (Å²) in [6.45, 7) is 6.42. The third kappa shape index (κ3) is 1.98. The first-order chi connectivity index (χ1) is 7.72. The van der Waals surface area contributed by atoms with E-state index in [-0.39, 0.29) is 0 Å². The van der Waals surface area contributed by atoms with Crippen LogP contribution in [-0.2, 0) is 6.42 Å². The molecule has 0 spiro atoms. The zero-order chi connectivity index (χ0) is 11.5. The molecule has 1 heterocycles. The Morgan fingerprint density at radius 3 is 2.44 bits per heavy atom. The van der Waals surface area contributed by atoms with Crippen molar-refractivity contribution in [3.8, 4) is 11.4 Å². The van der Waals surface area contributed by atoms with Crippen molar-refractivity contribution in [1.29, 1.82) is 0 Å². The number of hydrogen-bond donors (Lipinski definition) is 0. The number of rotatable bonds is 3. The molecule has 3 heteroatoms. The number of aryl methyl sites for hydroxylation is 1. The van der Waals surface area contributed by atoms with Gasteiger partial charge in [-0.25, -0.2) is 0 Å². The summed E-state index contributed by atoms with van der Waals surface area (Å²) in [6.07, 6.45) is 2.85. The summed E-state index contributed by atoms with van der Waals surface area (Å²) in [5, 5.41) is 8.15. The van der Waals surface area contributed by atoms with Crippen molar-refractivity contribution in [2.24, 2.45) is 0 Å². The van der Waals surface area contributed by atoms with Crippen LogP contribution in [0.3, 0.4) is 0 Å². The third-order valence-electron chi connectivity index (χ3n) is 2.75. The molecule has 0 bridgehead atoms. The van der Waals surface area contributed by atoms with Gasteiger partial charge in [-0.15, -0.1) is 10.2 Å². The van der Waals surface area contributed by atoms with Gasteiger partial charge in [0.1, 0.15) is 6.33 Å². The van der Waals surface area contributed by atoms with Crippen LogP contribution >= 0.6 is 0 Å². The summed E-state index contributed by atoms with van der Waals surface area (Å²) in [4.78, 5) is 0. The van der Waals surface area contributed by atoms with Gasteiger partial charge >= 0.3 is 0 Å². The van der Waals surface area contributed by atoms with E-state index in [9.17, 15) is 0 Å². The van der Waals surface area contributed by atoms with Gasteiger partial charge in [0.15, 0.2) is 5.82 Å². The van der Waals surface area contributed by atoms with E-state index >= 15 is 0 Å². The Morgan fingerprint density at radius 2 is 1.88 bits per heavy atom. The topological polar surface area (TPSA) is 30.7 Å². The molecule has 0 saturated carbocycles. The third-order valence-corrected chi connectivity index (χ3v) is 2.75. The molecule has 1 aromatic carbocycles. The SMILES string of the molecule is CCc1ccc(-c2nncn2C(C)C)cc1. The second-order valence-electron chi connectivity index (χ2n) is 4.21. The second kappa shape index (κ2) is 4.47. The number of hydrogen-bond acceptors (Lipinski definition) is 2. The molecule has 1 aromatic heterocycles. The molecule has 0 aliphatic rings. The fourth-order valence-electron chi connectivity index (χ4n) is 1.72. The Kier molecular flexibility index (Phi) is 3.04. The summed E-state index contributed by atoms with van der Waals surface area (Å²) in [6, 6.07) is 8.91. The maximum atomic E-state index is 4.18. The number of aromatic nitrogens is 3. The highest BCUT2D eigenvalue weighted by Crippen LogP contribution is 2.20. The largest absolute Gasteiger partial charge is 0.311 e. The first kappa shape index (κ1) is 10.9. The monoisotopic (exact) mass is 215 g/mol. The lowest BCUT2D eigenvalue weighted by Crippen LogP contribution is -2.01. The van der Waals surface area contributed by atoms with E-state index in [1.165, 1.54) is 5.56 Å². The van der Waals surface area contributed by atoms with Gasteiger partial charge in [0.25, 0.3) is 0 Å². The van der Waals surface area contributed by atoms with Crippen LogP contribution in [0.1, 0.15) is 32.4 Å². The Labute approximate surface area is 96.1 Å². The van der Waals surface area contributed by atoms with Crippen molar-refractivity contribution in [3.63, 3.8) is 0 Å². The van der Waals surface area contributed by atoms with Crippen LogP contribution in [0.15, 0.2) is 30.6 Å². The normalized spacial score (nSPS) is 11.0. The van der Waals surface area contributed by atoms with E-state index in [2.05, 4.69) is 59.8 Å². The summed E-state index contributed by atoms with van der Waals surface area (Å²) in [7, 11) is 0. The molecule has 0 aliphatic heterocycles. The summed E-state index contributed by atoms with van der Waals surface area (Å²) in [5.74, 6) is 0.942. The molecule has 2 rings (SSSR count).